The topological polar surface area (TPSA) is 105 Å². The third kappa shape index (κ3) is 4.41. The fraction of sp³-hybridized carbons (Fsp3) is 0.0500. The van der Waals surface area contributed by atoms with Gasteiger partial charge in [0.05, 0.1) is 17.7 Å². The van der Waals surface area contributed by atoms with Crippen LogP contribution in [0.4, 0.5) is 11.4 Å². The monoisotopic (exact) mass is 398 g/mol. The molecule has 3 N–H and O–H groups in total. The largest absolute Gasteiger partial charge is 0.508 e. The number of amides is 1. The fourth-order valence-corrected chi connectivity index (χ4v) is 3.58. The van der Waals surface area contributed by atoms with Crippen LogP contribution in [0.2, 0.25) is 0 Å². The summed E-state index contributed by atoms with van der Waals surface area (Å²) in [6, 6.07) is 18.3. The molecule has 0 atom stereocenters. The molecule has 8 heteroatoms. The van der Waals surface area contributed by atoms with E-state index in [1.165, 1.54) is 43.5 Å². The molecule has 1 amide bonds. The molecule has 0 aliphatic carbocycles. The molecule has 3 aromatic carbocycles. The second-order valence-electron chi connectivity index (χ2n) is 5.83. The Balaban J connectivity index is 1.76. The molecule has 3 aromatic rings. The van der Waals surface area contributed by atoms with Gasteiger partial charge in [-0.15, -0.1) is 0 Å². The Labute approximate surface area is 162 Å². The normalized spacial score (nSPS) is 10.9. The Morgan fingerprint density at radius 3 is 2.36 bits per heavy atom. The summed E-state index contributed by atoms with van der Waals surface area (Å²) in [6.07, 6.45) is 0. The number of ether oxygens (including phenoxy) is 1. The van der Waals surface area contributed by atoms with Crippen molar-refractivity contribution in [3.05, 3.63) is 78.4 Å². The van der Waals surface area contributed by atoms with Crippen molar-refractivity contribution in [1.82, 2.24) is 0 Å². The van der Waals surface area contributed by atoms with Crippen molar-refractivity contribution in [3.8, 4) is 11.5 Å². The van der Waals surface area contributed by atoms with E-state index in [4.69, 9.17) is 4.74 Å². The number of phenolic OH excluding ortho intramolecular Hbond substituents is 1. The second-order valence-corrected chi connectivity index (χ2v) is 7.52. The number of methoxy groups -OCH3 is 1. The van der Waals surface area contributed by atoms with Crippen LogP contribution in [0.25, 0.3) is 0 Å². The molecule has 0 saturated heterocycles. The summed E-state index contributed by atoms with van der Waals surface area (Å²) < 4.78 is 32.8. The smallest absolute Gasteiger partial charge is 0.262 e. The number of hydrogen-bond acceptors (Lipinski definition) is 5. The number of aromatic hydroxyl groups is 1. The van der Waals surface area contributed by atoms with Crippen molar-refractivity contribution < 1.29 is 23.1 Å². The van der Waals surface area contributed by atoms with Crippen LogP contribution in [0, 0.1) is 0 Å². The van der Waals surface area contributed by atoms with E-state index in [0.717, 1.165) is 0 Å². The molecule has 0 aliphatic heterocycles. The number of para-hydroxylation sites is 2. The quantitative estimate of drug-likeness (QED) is 0.590. The number of benzene rings is 3. The summed E-state index contributed by atoms with van der Waals surface area (Å²) in [5.74, 6) is 0.00192. The number of hydrogen-bond donors (Lipinski definition) is 3. The van der Waals surface area contributed by atoms with Crippen LogP contribution in [0.5, 0.6) is 11.5 Å². The number of carbonyl (C=O) groups is 1. The number of anilines is 2. The zero-order valence-electron chi connectivity index (χ0n) is 14.9. The van der Waals surface area contributed by atoms with E-state index in [-0.39, 0.29) is 16.2 Å². The van der Waals surface area contributed by atoms with Crippen LogP contribution in [0.15, 0.2) is 77.7 Å². The molecule has 0 fully saturated rings. The van der Waals surface area contributed by atoms with Crippen molar-refractivity contribution in [2.45, 2.75) is 4.90 Å². The molecule has 0 radical (unpaired) electrons. The summed E-state index contributed by atoms with van der Waals surface area (Å²) in [4.78, 5) is 12.3. The molecule has 0 spiro atoms. The molecule has 0 saturated carbocycles. The summed E-state index contributed by atoms with van der Waals surface area (Å²) in [6.45, 7) is 0. The van der Waals surface area contributed by atoms with E-state index in [9.17, 15) is 18.3 Å². The molecule has 7 nitrogen and oxygen atoms in total. The summed E-state index contributed by atoms with van der Waals surface area (Å²) in [5, 5.41) is 12.1. The van der Waals surface area contributed by atoms with Gasteiger partial charge < -0.3 is 15.2 Å². The van der Waals surface area contributed by atoms with Crippen molar-refractivity contribution in [1.29, 1.82) is 0 Å². The van der Waals surface area contributed by atoms with Gasteiger partial charge in [-0.3, -0.25) is 9.52 Å². The van der Waals surface area contributed by atoms with Crippen LogP contribution < -0.4 is 14.8 Å². The first-order valence-corrected chi connectivity index (χ1v) is 9.73. The van der Waals surface area contributed by atoms with Crippen molar-refractivity contribution >= 4 is 27.3 Å². The molecule has 28 heavy (non-hydrogen) atoms. The first-order valence-electron chi connectivity index (χ1n) is 8.25. The maximum Gasteiger partial charge on any atom is 0.262 e. The van der Waals surface area contributed by atoms with Crippen molar-refractivity contribution in [2.24, 2.45) is 0 Å². The van der Waals surface area contributed by atoms with E-state index in [0.29, 0.717) is 17.1 Å². The molecule has 0 aromatic heterocycles. The number of phenols is 1. The Morgan fingerprint density at radius 1 is 0.964 bits per heavy atom. The number of rotatable bonds is 6. The van der Waals surface area contributed by atoms with Crippen molar-refractivity contribution in [2.75, 3.05) is 17.1 Å². The van der Waals surface area contributed by atoms with Crippen LogP contribution in [-0.4, -0.2) is 26.5 Å². The molecule has 144 valence electrons. The van der Waals surface area contributed by atoms with E-state index in [1.54, 1.807) is 36.4 Å². The lowest BCUT2D eigenvalue weighted by molar-refractivity contribution is 0.102. The van der Waals surface area contributed by atoms with Gasteiger partial charge >= 0.3 is 0 Å². The predicted octanol–water partition coefficient (Wildman–Crippen LogP) is 3.45. The third-order valence-electron chi connectivity index (χ3n) is 3.88. The number of carbonyl (C=O) groups excluding carboxylic acids is 1. The first kappa shape index (κ1) is 19.2. The standard InChI is InChI=1S/C20H18N2O5S/c1-27-19-8-3-2-7-18(19)22-28(25,26)17-11-9-14(10-12-17)20(24)21-15-5-4-6-16(23)13-15/h2-13,22-23H,1H3,(H,21,24). The lowest BCUT2D eigenvalue weighted by atomic mass is 10.2. The highest BCUT2D eigenvalue weighted by atomic mass is 32.2. The molecule has 0 bridgehead atoms. The first-order chi connectivity index (χ1) is 13.4. The second kappa shape index (κ2) is 8.01. The van der Waals surface area contributed by atoms with E-state index in [1.807, 2.05) is 0 Å². The maximum atomic E-state index is 12.6. The number of sulfonamides is 1. The molecule has 0 heterocycles. The lowest BCUT2D eigenvalue weighted by Gasteiger charge is -2.12. The van der Waals surface area contributed by atoms with Gasteiger partial charge in [-0.25, -0.2) is 8.42 Å². The van der Waals surface area contributed by atoms with Crippen LogP contribution in [0.3, 0.4) is 0 Å². The minimum absolute atomic E-state index is 0.00677. The van der Waals surface area contributed by atoms with Gasteiger partial charge in [0, 0.05) is 17.3 Å². The van der Waals surface area contributed by atoms with Gasteiger partial charge in [0.15, 0.2) is 0 Å². The van der Waals surface area contributed by atoms with Gasteiger partial charge in [-0.05, 0) is 48.5 Å². The Kier molecular flexibility index (Phi) is 5.51. The van der Waals surface area contributed by atoms with Gasteiger partial charge in [0.25, 0.3) is 15.9 Å². The molecular formula is C20H18N2O5S. The highest BCUT2D eigenvalue weighted by Crippen LogP contribution is 2.26. The zero-order chi connectivity index (χ0) is 20.1. The minimum atomic E-state index is -3.85. The highest BCUT2D eigenvalue weighted by molar-refractivity contribution is 7.92. The number of nitrogens with one attached hydrogen (secondary N) is 2. The Bertz CT molecular complexity index is 1100. The predicted molar refractivity (Wildman–Crippen MR) is 106 cm³/mol. The fourth-order valence-electron chi connectivity index (χ4n) is 2.51. The van der Waals surface area contributed by atoms with Gasteiger partial charge in [-0.2, -0.15) is 0 Å². The van der Waals surface area contributed by atoms with Crippen LogP contribution >= 0.6 is 0 Å². The molecule has 0 unspecified atom stereocenters. The summed E-state index contributed by atoms with van der Waals surface area (Å²) in [7, 11) is -2.40. The zero-order valence-corrected chi connectivity index (χ0v) is 15.7. The maximum absolute atomic E-state index is 12.6. The van der Waals surface area contributed by atoms with Crippen LogP contribution in [0.1, 0.15) is 10.4 Å². The summed E-state index contributed by atoms with van der Waals surface area (Å²) >= 11 is 0. The highest BCUT2D eigenvalue weighted by Gasteiger charge is 2.17. The molecule has 0 aliphatic rings. The van der Waals surface area contributed by atoms with Crippen LogP contribution in [-0.2, 0) is 10.0 Å². The molecule has 3 rings (SSSR count). The minimum Gasteiger partial charge on any atom is -0.508 e. The summed E-state index contributed by atoms with van der Waals surface area (Å²) in [5.41, 5.74) is 1.02. The van der Waals surface area contributed by atoms with Crippen molar-refractivity contribution in [3.63, 3.8) is 0 Å². The van der Waals surface area contributed by atoms with Gasteiger partial charge in [0.1, 0.15) is 11.5 Å². The van der Waals surface area contributed by atoms with E-state index in [2.05, 4.69) is 10.0 Å². The lowest BCUT2D eigenvalue weighted by Crippen LogP contribution is -2.15. The average molecular weight is 398 g/mol. The molecular weight excluding hydrogens is 380 g/mol. The Hall–Kier alpha value is -3.52. The SMILES string of the molecule is COc1ccccc1NS(=O)(=O)c1ccc(C(=O)Nc2cccc(O)c2)cc1. The van der Waals surface area contributed by atoms with E-state index >= 15 is 0 Å². The average Bonchev–Trinajstić information content (AvgIpc) is 2.68. The van der Waals surface area contributed by atoms with Gasteiger partial charge in [-0.1, -0.05) is 18.2 Å². The van der Waals surface area contributed by atoms with Gasteiger partial charge in [0.2, 0.25) is 0 Å². The Morgan fingerprint density at radius 2 is 1.68 bits per heavy atom. The third-order valence-corrected chi connectivity index (χ3v) is 5.26. The van der Waals surface area contributed by atoms with E-state index < -0.39 is 15.9 Å².